The van der Waals surface area contributed by atoms with E-state index >= 15 is 0 Å². The van der Waals surface area contributed by atoms with E-state index in [0.717, 1.165) is 0 Å². The molecule has 1 heterocycles. The lowest BCUT2D eigenvalue weighted by Gasteiger charge is -2.11. The summed E-state index contributed by atoms with van der Waals surface area (Å²) in [5.74, 6) is -0.128. The molecular formula is C10H5Cl4N3O2S. The minimum absolute atomic E-state index is 0.0997. The van der Waals surface area contributed by atoms with Crippen LogP contribution in [-0.4, -0.2) is 18.4 Å². The molecule has 0 fully saturated rings. The Bertz CT molecular complexity index is 744. The van der Waals surface area contributed by atoms with Gasteiger partial charge in [0.25, 0.3) is 10.0 Å². The molecule has 5 nitrogen and oxygen atoms in total. The fraction of sp³-hybridized carbons (Fsp3) is 0. The zero-order chi connectivity index (χ0) is 14.9. The second-order valence-corrected chi connectivity index (χ2v) is 6.73. The van der Waals surface area contributed by atoms with Gasteiger partial charge in [-0.15, -0.1) is 0 Å². The molecule has 2 aromatic rings. The SMILES string of the molecule is O=S(=O)(Nc1nccnc1Cl)c1c(Cl)cc(Cl)cc1Cl. The minimum atomic E-state index is -4.07. The molecule has 1 aromatic carbocycles. The van der Waals surface area contributed by atoms with Crippen LogP contribution in [0.3, 0.4) is 0 Å². The molecule has 0 saturated carbocycles. The lowest BCUT2D eigenvalue weighted by atomic mass is 10.4. The van der Waals surface area contributed by atoms with Gasteiger partial charge in [-0.3, -0.25) is 4.72 Å². The molecule has 0 aliphatic rings. The van der Waals surface area contributed by atoms with Crippen molar-refractivity contribution < 1.29 is 8.42 Å². The maximum absolute atomic E-state index is 12.3. The molecule has 0 atom stereocenters. The Morgan fingerprint density at radius 1 is 0.950 bits per heavy atom. The minimum Gasteiger partial charge on any atom is -0.261 e. The fourth-order valence-corrected chi connectivity index (χ4v) is 4.13. The first-order valence-corrected chi connectivity index (χ1v) is 7.94. The molecule has 0 saturated heterocycles. The molecule has 20 heavy (non-hydrogen) atoms. The second kappa shape index (κ2) is 5.91. The van der Waals surface area contributed by atoms with Crippen molar-refractivity contribution in [3.63, 3.8) is 0 Å². The van der Waals surface area contributed by atoms with Crippen LogP contribution in [0.2, 0.25) is 20.2 Å². The molecule has 10 heteroatoms. The average molecular weight is 373 g/mol. The van der Waals surface area contributed by atoms with E-state index in [1.807, 2.05) is 0 Å². The monoisotopic (exact) mass is 371 g/mol. The highest BCUT2D eigenvalue weighted by atomic mass is 35.5. The molecule has 0 unspecified atom stereocenters. The van der Waals surface area contributed by atoms with Gasteiger partial charge in [0.2, 0.25) is 0 Å². The van der Waals surface area contributed by atoms with Crippen molar-refractivity contribution in [2.75, 3.05) is 4.72 Å². The molecule has 2 rings (SSSR count). The van der Waals surface area contributed by atoms with Crippen LogP contribution >= 0.6 is 46.4 Å². The van der Waals surface area contributed by atoms with Gasteiger partial charge in [0.1, 0.15) is 4.90 Å². The largest absolute Gasteiger partial charge is 0.266 e. The molecular weight excluding hydrogens is 368 g/mol. The second-order valence-electron chi connectivity index (χ2n) is 3.50. The fourth-order valence-electron chi connectivity index (χ4n) is 1.35. The molecule has 0 aliphatic carbocycles. The predicted molar refractivity (Wildman–Crippen MR) is 79.3 cm³/mol. The van der Waals surface area contributed by atoms with Crippen molar-refractivity contribution in [1.29, 1.82) is 0 Å². The van der Waals surface area contributed by atoms with Gasteiger partial charge >= 0.3 is 0 Å². The van der Waals surface area contributed by atoms with Crippen LogP contribution in [0.15, 0.2) is 29.4 Å². The predicted octanol–water partition coefficient (Wildman–Crippen LogP) is 3.89. The van der Waals surface area contributed by atoms with E-state index in [1.165, 1.54) is 24.5 Å². The van der Waals surface area contributed by atoms with Crippen LogP contribution in [-0.2, 0) is 10.0 Å². The Morgan fingerprint density at radius 3 is 2.05 bits per heavy atom. The zero-order valence-corrected chi connectivity index (χ0v) is 13.3. The normalized spacial score (nSPS) is 11.4. The van der Waals surface area contributed by atoms with Gasteiger partial charge in [-0.1, -0.05) is 46.4 Å². The lowest BCUT2D eigenvalue weighted by molar-refractivity contribution is 0.601. The van der Waals surface area contributed by atoms with Crippen molar-refractivity contribution in [2.24, 2.45) is 0 Å². The summed E-state index contributed by atoms with van der Waals surface area (Å²) in [5.41, 5.74) is 0. The number of hydrogen-bond donors (Lipinski definition) is 1. The Balaban J connectivity index is 2.50. The topological polar surface area (TPSA) is 72.0 Å². The molecule has 0 aliphatic heterocycles. The molecule has 0 radical (unpaired) electrons. The molecule has 0 spiro atoms. The highest BCUT2D eigenvalue weighted by Gasteiger charge is 2.24. The maximum Gasteiger partial charge on any atom is 0.266 e. The average Bonchev–Trinajstić information content (AvgIpc) is 2.30. The van der Waals surface area contributed by atoms with Gasteiger partial charge in [-0.2, -0.15) is 0 Å². The molecule has 0 amide bonds. The Morgan fingerprint density at radius 2 is 1.50 bits per heavy atom. The van der Waals surface area contributed by atoms with Gasteiger partial charge in [-0.25, -0.2) is 18.4 Å². The zero-order valence-electron chi connectivity index (χ0n) is 9.44. The van der Waals surface area contributed by atoms with E-state index < -0.39 is 10.0 Å². The van der Waals surface area contributed by atoms with Gasteiger partial charge in [0.05, 0.1) is 10.0 Å². The van der Waals surface area contributed by atoms with E-state index in [-0.39, 0.29) is 30.9 Å². The highest BCUT2D eigenvalue weighted by molar-refractivity contribution is 7.93. The third-order valence-corrected chi connectivity index (χ3v) is 4.87. The van der Waals surface area contributed by atoms with E-state index in [2.05, 4.69) is 14.7 Å². The van der Waals surface area contributed by atoms with E-state index in [1.54, 1.807) is 0 Å². The highest BCUT2D eigenvalue weighted by Crippen LogP contribution is 2.34. The number of benzene rings is 1. The molecule has 1 aromatic heterocycles. The third kappa shape index (κ3) is 3.27. The summed E-state index contributed by atoms with van der Waals surface area (Å²) in [7, 11) is -4.07. The number of aromatic nitrogens is 2. The molecule has 0 bridgehead atoms. The number of nitrogens with one attached hydrogen (secondary N) is 1. The van der Waals surface area contributed by atoms with E-state index in [9.17, 15) is 8.42 Å². The van der Waals surface area contributed by atoms with Crippen LogP contribution in [0.25, 0.3) is 0 Å². The van der Waals surface area contributed by atoms with Crippen molar-refractivity contribution in [3.8, 4) is 0 Å². The van der Waals surface area contributed by atoms with Crippen molar-refractivity contribution in [3.05, 3.63) is 44.7 Å². The van der Waals surface area contributed by atoms with Gasteiger partial charge in [-0.05, 0) is 12.1 Å². The summed E-state index contributed by atoms with van der Waals surface area (Å²) < 4.78 is 26.7. The Labute approximate surface area is 134 Å². The van der Waals surface area contributed by atoms with Gasteiger partial charge < -0.3 is 0 Å². The standard InChI is InChI=1S/C10H5Cl4N3O2S/c11-5-3-6(12)8(7(13)4-5)20(18,19)17-10-9(14)15-1-2-16-10/h1-4H,(H,16,17). The van der Waals surface area contributed by atoms with Crippen LogP contribution in [0, 0.1) is 0 Å². The number of anilines is 1. The van der Waals surface area contributed by atoms with E-state index in [0.29, 0.717) is 0 Å². The van der Waals surface area contributed by atoms with E-state index in [4.69, 9.17) is 46.4 Å². The smallest absolute Gasteiger partial charge is 0.261 e. The number of nitrogens with zero attached hydrogens (tertiary/aromatic N) is 2. The number of hydrogen-bond acceptors (Lipinski definition) is 4. The lowest BCUT2D eigenvalue weighted by Crippen LogP contribution is -2.15. The van der Waals surface area contributed by atoms with Crippen molar-refractivity contribution in [2.45, 2.75) is 4.90 Å². The summed E-state index contributed by atoms with van der Waals surface area (Å²) in [6, 6.07) is 2.53. The first-order chi connectivity index (χ1) is 9.31. The summed E-state index contributed by atoms with van der Waals surface area (Å²) >= 11 is 23.2. The van der Waals surface area contributed by atoms with Crippen LogP contribution in [0.5, 0.6) is 0 Å². The Hall–Kier alpha value is -0.790. The van der Waals surface area contributed by atoms with Crippen LogP contribution in [0.1, 0.15) is 0 Å². The third-order valence-electron chi connectivity index (χ3n) is 2.12. The van der Waals surface area contributed by atoms with Crippen molar-refractivity contribution >= 4 is 62.2 Å². The number of sulfonamides is 1. The van der Waals surface area contributed by atoms with Crippen molar-refractivity contribution in [1.82, 2.24) is 9.97 Å². The van der Waals surface area contributed by atoms with Crippen LogP contribution in [0.4, 0.5) is 5.82 Å². The number of halogens is 4. The van der Waals surface area contributed by atoms with Crippen LogP contribution < -0.4 is 4.72 Å². The summed E-state index contributed by atoms with van der Waals surface area (Å²) in [6.07, 6.45) is 2.61. The number of rotatable bonds is 3. The molecule has 1 N–H and O–H groups in total. The first-order valence-electron chi connectivity index (χ1n) is 4.95. The summed E-state index contributed by atoms with van der Waals surface area (Å²) in [6.45, 7) is 0. The first kappa shape index (κ1) is 15.6. The van der Waals surface area contributed by atoms with Gasteiger partial charge in [0.15, 0.2) is 11.0 Å². The quantitative estimate of drug-likeness (QED) is 0.886. The molecule has 106 valence electrons. The summed E-state index contributed by atoms with van der Waals surface area (Å²) in [5, 5.41) is -0.112. The summed E-state index contributed by atoms with van der Waals surface area (Å²) in [4.78, 5) is 7.16. The van der Waals surface area contributed by atoms with Gasteiger partial charge in [0, 0.05) is 17.4 Å². The maximum atomic E-state index is 12.3. The Kier molecular flexibility index (Phi) is 4.61.